The lowest BCUT2D eigenvalue weighted by Gasteiger charge is -2.03. The van der Waals surface area contributed by atoms with E-state index in [1.807, 2.05) is 17.8 Å². The largest absolute Gasteiger partial charge is 0.464 e. The van der Waals surface area contributed by atoms with Crippen molar-refractivity contribution in [3.8, 4) is 11.5 Å². The Balaban J connectivity index is 2.44. The molecule has 0 spiro atoms. The molecule has 0 atom stereocenters. The second kappa shape index (κ2) is 4.14. The van der Waals surface area contributed by atoms with Crippen molar-refractivity contribution in [1.82, 2.24) is 14.5 Å². The highest BCUT2D eigenvalue weighted by Crippen LogP contribution is 2.14. The van der Waals surface area contributed by atoms with Crippen LogP contribution in [-0.2, 0) is 11.8 Å². The summed E-state index contributed by atoms with van der Waals surface area (Å²) in [5.74, 6) is 0.266. The van der Waals surface area contributed by atoms with Gasteiger partial charge in [0.05, 0.1) is 7.11 Å². The van der Waals surface area contributed by atoms with Crippen LogP contribution in [0, 0.1) is 0 Å². The molecule has 2 rings (SSSR count). The summed E-state index contributed by atoms with van der Waals surface area (Å²) in [6.45, 7) is 0. The quantitative estimate of drug-likeness (QED) is 0.711. The zero-order valence-corrected chi connectivity index (χ0v) is 9.04. The van der Waals surface area contributed by atoms with Gasteiger partial charge in [0.25, 0.3) is 0 Å². The zero-order valence-electron chi connectivity index (χ0n) is 9.04. The summed E-state index contributed by atoms with van der Waals surface area (Å²) in [4.78, 5) is 19.7. The van der Waals surface area contributed by atoms with Crippen molar-refractivity contribution < 1.29 is 9.53 Å². The fourth-order valence-corrected chi connectivity index (χ4v) is 1.39. The van der Waals surface area contributed by atoms with E-state index in [2.05, 4.69) is 14.7 Å². The highest BCUT2D eigenvalue weighted by atomic mass is 16.5. The number of rotatable bonds is 2. The van der Waals surface area contributed by atoms with E-state index in [9.17, 15) is 4.79 Å². The maximum Gasteiger partial charge on any atom is 0.356 e. The molecule has 2 aromatic rings. The minimum atomic E-state index is -0.448. The van der Waals surface area contributed by atoms with Crippen LogP contribution in [0.15, 0.2) is 30.6 Å². The summed E-state index contributed by atoms with van der Waals surface area (Å²) in [6.07, 6.45) is 3.50. The minimum absolute atomic E-state index is 0.281. The molecule has 0 saturated heterocycles. The maximum absolute atomic E-state index is 11.3. The molecular weight excluding hydrogens is 206 g/mol. The van der Waals surface area contributed by atoms with Gasteiger partial charge < -0.3 is 9.30 Å². The number of aryl methyl sites for hydroxylation is 1. The third-order valence-electron chi connectivity index (χ3n) is 2.19. The van der Waals surface area contributed by atoms with Gasteiger partial charge in [0, 0.05) is 19.4 Å². The van der Waals surface area contributed by atoms with Crippen LogP contribution >= 0.6 is 0 Å². The molecule has 0 fully saturated rings. The summed E-state index contributed by atoms with van der Waals surface area (Å²) < 4.78 is 6.45. The standard InChI is InChI=1S/C11H11N3O2/c1-14-7-6-12-10(14)8-4-3-5-9(13-8)11(15)16-2/h3-7H,1-2H3. The number of esters is 1. The summed E-state index contributed by atoms with van der Waals surface area (Å²) in [7, 11) is 3.20. The number of pyridine rings is 1. The number of carbonyl (C=O) groups is 1. The van der Waals surface area contributed by atoms with Crippen LogP contribution in [-0.4, -0.2) is 27.6 Å². The van der Waals surface area contributed by atoms with E-state index in [0.29, 0.717) is 11.5 Å². The van der Waals surface area contributed by atoms with Crippen molar-refractivity contribution in [3.63, 3.8) is 0 Å². The van der Waals surface area contributed by atoms with E-state index in [4.69, 9.17) is 0 Å². The smallest absolute Gasteiger partial charge is 0.356 e. The number of methoxy groups -OCH3 is 1. The lowest BCUT2D eigenvalue weighted by Crippen LogP contribution is -2.05. The molecule has 16 heavy (non-hydrogen) atoms. The molecule has 0 unspecified atom stereocenters. The van der Waals surface area contributed by atoms with Crippen molar-refractivity contribution in [2.45, 2.75) is 0 Å². The Labute approximate surface area is 92.7 Å². The lowest BCUT2D eigenvalue weighted by atomic mass is 10.3. The lowest BCUT2D eigenvalue weighted by molar-refractivity contribution is 0.0594. The highest BCUT2D eigenvalue weighted by molar-refractivity contribution is 5.87. The average molecular weight is 217 g/mol. The first-order valence-electron chi connectivity index (χ1n) is 4.75. The van der Waals surface area contributed by atoms with Gasteiger partial charge in [-0.25, -0.2) is 14.8 Å². The van der Waals surface area contributed by atoms with E-state index >= 15 is 0 Å². The van der Waals surface area contributed by atoms with Gasteiger partial charge in [-0.15, -0.1) is 0 Å². The van der Waals surface area contributed by atoms with E-state index in [1.54, 1.807) is 24.4 Å². The number of hydrogen-bond acceptors (Lipinski definition) is 4. The number of nitrogens with zero attached hydrogens (tertiary/aromatic N) is 3. The summed E-state index contributed by atoms with van der Waals surface area (Å²) in [6, 6.07) is 5.16. The number of ether oxygens (including phenoxy) is 1. The van der Waals surface area contributed by atoms with Crippen LogP contribution < -0.4 is 0 Å². The minimum Gasteiger partial charge on any atom is -0.464 e. The third kappa shape index (κ3) is 1.79. The van der Waals surface area contributed by atoms with Crippen LogP contribution in [0.3, 0.4) is 0 Å². The number of imidazole rings is 1. The van der Waals surface area contributed by atoms with Gasteiger partial charge >= 0.3 is 5.97 Å². The van der Waals surface area contributed by atoms with Crippen LogP contribution in [0.25, 0.3) is 11.5 Å². The highest BCUT2D eigenvalue weighted by Gasteiger charge is 2.10. The second-order valence-electron chi connectivity index (χ2n) is 3.26. The molecule has 0 N–H and O–H groups in total. The van der Waals surface area contributed by atoms with Gasteiger partial charge in [-0.1, -0.05) is 6.07 Å². The predicted octanol–water partition coefficient (Wildman–Crippen LogP) is 1.27. The summed E-state index contributed by atoms with van der Waals surface area (Å²) in [5, 5.41) is 0. The van der Waals surface area contributed by atoms with E-state index in [0.717, 1.165) is 0 Å². The van der Waals surface area contributed by atoms with E-state index in [-0.39, 0.29) is 5.69 Å². The van der Waals surface area contributed by atoms with E-state index < -0.39 is 5.97 Å². The number of carbonyl (C=O) groups excluding carboxylic acids is 1. The average Bonchev–Trinajstić information content (AvgIpc) is 2.74. The molecule has 0 saturated carbocycles. The van der Waals surface area contributed by atoms with Crippen LogP contribution in [0.1, 0.15) is 10.5 Å². The van der Waals surface area contributed by atoms with Gasteiger partial charge in [-0.2, -0.15) is 0 Å². The molecule has 5 heteroatoms. The Hall–Kier alpha value is -2.17. The number of hydrogen-bond donors (Lipinski definition) is 0. The monoisotopic (exact) mass is 217 g/mol. The molecule has 0 aliphatic heterocycles. The van der Waals surface area contributed by atoms with Gasteiger partial charge in [0.2, 0.25) is 0 Å². The van der Waals surface area contributed by atoms with Crippen molar-refractivity contribution in [1.29, 1.82) is 0 Å². The molecule has 5 nitrogen and oxygen atoms in total. The first-order valence-corrected chi connectivity index (χ1v) is 4.75. The fraction of sp³-hybridized carbons (Fsp3) is 0.182. The molecule has 0 aliphatic rings. The molecule has 0 bridgehead atoms. The molecule has 0 amide bonds. The molecule has 2 aromatic heterocycles. The van der Waals surface area contributed by atoms with Crippen LogP contribution in [0.5, 0.6) is 0 Å². The molecule has 0 aliphatic carbocycles. The predicted molar refractivity (Wildman–Crippen MR) is 57.8 cm³/mol. The molecule has 0 aromatic carbocycles. The normalized spacial score (nSPS) is 10.1. The first kappa shape index (κ1) is 10.4. The Morgan fingerprint density at radius 2 is 2.25 bits per heavy atom. The molecular formula is C11H11N3O2. The fourth-order valence-electron chi connectivity index (χ4n) is 1.39. The molecule has 0 radical (unpaired) electrons. The van der Waals surface area contributed by atoms with Crippen LogP contribution in [0.2, 0.25) is 0 Å². The van der Waals surface area contributed by atoms with Crippen molar-refractivity contribution in [2.24, 2.45) is 7.05 Å². The van der Waals surface area contributed by atoms with Gasteiger partial charge in [0.1, 0.15) is 11.4 Å². The molecule has 82 valence electrons. The topological polar surface area (TPSA) is 57.0 Å². The Bertz CT molecular complexity index is 519. The Morgan fingerprint density at radius 1 is 1.44 bits per heavy atom. The Kier molecular flexibility index (Phi) is 2.68. The Morgan fingerprint density at radius 3 is 2.88 bits per heavy atom. The van der Waals surface area contributed by atoms with Crippen molar-refractivity contribution in [3.05, 3.63) is 36.3 Å². The van der Waals surface area contributed by atoms with Gasteiger partial charge in [-0.3, -0.25) is 0 Å². The maximum atomic E-state index is 11.3. The van der Waals surface area contributed by atoms with E-state index in [1.165, 1.54) is 7.11 Å². The summed E-state index contributed by atoms with van der Waals surface area (Å²) >= 11 is 0. The van der Waals surface area contributed by atoms with Gasteiger partial charge in [0.15, 0.2) is 5.82 Å². The zero-order chi connectivity index (χ0) is 11.5. The third-order valence-corrected chi connectivity index (χ3v) is 2.19. The first-order chi connectivity index (χ1) is 7.72. The number of aromatic nitrogens is 3. The van der Waals surface area contributed by atoms with Crippen molar-refractivity contribution in [2.75, 3.05) is 7.11 Å². The van der Waals surface area contributed by atoms with Crippen molar-refractivity contribution >= 4 is 5.97 Å². The second-order valence-corrected chi connectivity index (χ2v) is 3.26. The summed E-state index contributed by atoms with van der Waals surface area (Å²) in [5.41, 5.74) is 0.929. The van der Waals surface area contributed by atoms with Crippen LogP contribution in [0.4, 0.5) is 0 Å². The molecule has 2 heterocycles. The SMILES string of the molecule is COC(=O)c1cccc(-c2nccn2C)n1. The van der Waals surface area contributed by atoms with Gasteiger partial charge in [-0.05, 0) is 12.1 Å².